The van der Waals surface area contributed by atoms with E-state index in [1.54, 1.807) is 24.3 Å². The number of nitrogens with two attached hydrogens (primary N) is 2. The molecule has 9 N–H and O–H groups in total. The number of aryl methyl sites for hydroxylation is 1. The van der Waals surface area contributed by atoms with Gasteiger partial charge in [0.25, 0.3) is 0 Å². The summed E-state index contributed by atoms with van der Waals surface area (Å²) >= 11 is 6.17. The highest BCUT2D eigenvalue weighted by Gasteiger charge is 2.77. The van der Waals surface area contributed by atoms with Gasteiger partial charge in [-0.2, -0.15) is 0 Å². The molecule has 164 valence electrons. The monoisotopic (exact) mass is 440 g/mol. The summed E-state index contributed by atoms with van der Waals surface area (Å²) in [5.74, 6) is -3.63. The SMILES string of the molecule is Cc1ccc(C(=O)O[C@H]2[C@H](CCl)N3[C@H](N)N[C@@H](CO)[C@@H]4N=C(N)N[C@@]43C2(O)O)cc1. The summed E-state index contributed by atoms with van der Waals surface area (Å²) in [6.07, 6.45) is -2.44. The standard InChI is InChI=1S/C18H25ClN6O5/c1-8-2-4-9(5-3-8)14(27)30-13-11(6-19)25-16(21)22-10(7-26)12-17(25,18(13,28)29)24-15(20)23-12/h2-5,10-13,16,22,26,28-29H,6-7,21H2,1H3,(H3,20,23,24)/t10-,11-,12-,13-,16+,17-/m0/s1. The van der Waals surface area contributed by atoms with Crippen LogP contribution in [0.1, 0.15) is 15.9 Å². The highest BCUT2D eigenvalue weighted by atomic mass is 35.5. The van der Waals surface area contributed by atoms with E-state index >= 15 is 0 Å². The van der Waals surface area contributed by atoms with Gasteiger partial charge in [0.05, 0.1) is 24.3 Å². The van der Waals surface area contributed by atoms with Crippen molar-refractivity contribution in [1.82, 2.24) is 15.5 Å². The number of halogens is 1. The number of ether oxygens (including phenoxy) is 1. The quantitative estimate of drug-likeness (QED) is 0.148. The maximum atomic E-state index is 12.8. The topological polar surface area (TPSA) is 179 Å². The van der Waals surface area contributed by atoms with Crippen LogP contribution in [0.25, 0.3) is 0 Å². The lowest BCUT2D eigenvalue weighted by Crippen LogP contribution is -2.83. The second-order valence-electron chi connectivity index (χ2n) is 7.80. The second-order valence-corrected chi connectivity index (χ2v) is 8.11. The number of guanidine groups is 1. The molecule has 30 heavy (non-hydrogen) atoms. The van der Waals surface area contributed by atoms with E-state index < -0.39 is 47.9 Å². The third-order valence-corrected chi connectivity index (χ3v) is 6.35. The van der Waals surface area contributed by atoms with E-state index in [1.807, 2.05) is 6.92 Å². The van der Waals surface area contributed by atoms with Crippen LogP contribution in [0.15, 0.2) is 29.3 Å². The van der Waals surface area contributed by atoms with Crippen molar-refractivity contribution in [2.75, 3.05) is 12.5 Å². The first kappa shape index (κ1) is 21.2. The minimum absolute atomic E-state index is 0.0642. The fraction of sp³-hybridized carbons (Fsp3) is 0.556. The van der Waals surface area contributed by atoms with E-state index in [0.717, 1.165) is 5.56 Å². The molecule has 0 amide bonds. The molecular formula is C18H25ClN6O5. The Labute approximate surface area is 177 Å². The average molecular weight is 441 g/mol. The molecule has 0 radical (unpaired) electrons. The molecule has 3 aliphatic heterocycles. The summed E-state index contributed by atoms with van der Waals surface area (Å²) in [5, 5.41) is 38.2. The number of aliphatic hydroxyl groups excluding tert-OH is 1. The molecule has 0 aliphatic carbocycles. The molecule has 0 unspecified atom stereocenters. The predicted octanol–water partition coefficient (Wildman–Crippen LogP) is -2.69. The smallest absolute Gasteiger partial charge is 0.338 e. The minimum Gasteiger partial charge on any atom is -0.451 e. The number of nitrogens with one attached hydrogen (secondary N) is 2. The van der Waals surface area contributed by atoms with Crippen molar-refractivity contribution in [2.45, 2.75) is 48.9 Å². The first-order valence-corrected chi connectivity index (χ1v) is 10.0. The normalized spacial score (nSPS) is 37.1. The Kier molecular flexibility index (Phi) is 5.18. The molecule has 3 aliphatic rings. The number of rotatable bonds is 4. The van der Waals surface area contributed by atoms with E-state index in [1.165, 1.54) is 4.90 Å². The van der Waals surface area contributed by atoms with Gasteiger partial charge in [-0.05, 0) is 19.1 Å². The number of aliphatic hydroxyl groups is 3. The first-order chi connectivity index (χ1) is 14.2. The molecule has 1 spiro atoms. The van der Waals surface area contributed by atoms with Gasteiger partial charge in [0.15, 0.2) is 17.7 Å². The number of carbonyl (C=O) groups excluding carboxylic acids is 1. The number of esters is 1. The van der Waals surface area contributed by atoms with Crippen LogP contribution in [0.5, 0.6) is 0 Å². The van der Waals surface area contributed by atoms with Crippen molar-refractivity contribution in [3.8, 4) is 0 Å². The lowest BCUT2D eigenvalue weighted by molar-refractivity contribution is -0.269. The van der Waals surface area contributed by atoms with Crippen molar-refractivity contribution in [3.63, 3.8) is 0 Å². The zero-order valence-electron chi connectivity index (χ0n) is 16.2. The fourth-order valence-electron chi connectivity index (χ4n) is 4.69. The van der Waals surface area contributed by atoms with Crippen LogP contribution in [0.2, 0.25) is 0 Å². The number of benzene rings is 1. The zero-order valence-corrected chi connectivity index (χ0v) is 17.0. The van der Waals surface area contributed by atoms with Gasteiger partial charge in [-0.15, -0.1) is 11.6 Å². The number of carbonyl (C=O) groups is 1. The van der Waals surface area contributed by atoms with Gasteiger partial charge in [0.2, 0.25) is 5.79 Å². The van der Waals surface area contributed by atoms with Crippen molar-refractivity contribution < 1.29 is 24.9 Å². The number of nitrogens with zero attached hydrogens (tertiary/aromatic N) is 2. The van der Waals surface area contributed by atoms with Crippen molar-refractivity contribution in [2.24, 2.45) is 16.5 Å². The van der Waals surface area contributed by atoms with Crippen LogP contribution in [0.4, 0.5) is 0 Å². The molecule has 4 rings (SSSR count). The van der Waals surface area contributed by atoms with E-state index in [0.29, 0.717) is 0 Å². The Balaban J connectivity index is 1.74. The van der Waals surface area contributed by atoms with Crippen LogP contribution >= 0.6 is 11.6 Å². The van der Waals surface area contributed by atoms with E-state index in [-0.39, 0.29) is 24.0 Å². The van der Waals surface area contributed by atoms with Gasteiger partial charge < -0.3 is 36.8 Å². The van der Waals surface area contributed by atoms with Crippen molar-refractivity contribution in [1.29, 1.82) is 0 Å². The van der Waals surface area contributed by atoms with Gasteiger partial charge in [-0.1, -0.05) is 17.7 Å². The van der Waals surface area contributed by atoms with E-state index in [9.17, 15) is 20.1 Å². The van der Waals surface area contributed by atoms with Gasteiger partial charge in [-0.25, -0.2) is 14.7 Å². The fourth-order valence-corrected chi connectivity index (χ4v) is 5.00. The molecular weight excluding hydrogens is 416 g/mol. The van der Waals surface area contributed by atoms with Crippen LogP contribution in [0, 0.1) is 6.92 Å². The molecule has 2 saturated heterocycles. The highest BCUT2D eigenvalue weighted by molar-refractivity contribution is 6.18. The van der Waals surface area contributed by atoms with Crippen molar-refractivity contribution in [3.05, 3.63) is 35.4 Å². The number of alkyl halides is 1. The van der Waals surface area contributed by atoms with Gasteiger partial charge in [0, 0.05) is 5.88 Å². The molecule has 11 nitrogen and oxygen atoms in total. The summed E-state index contributed by atoms with van der Waals surface area (Å²) in [5.41, 5.74) is 11.6. The largest absolute Gasteiger partial charge is 0.451 e. The Morgan fingerprint density at radius 3 is 2.63 bits per heavy atom. The summed E-state index contributed by atoms with van der Waals surface area (Å²) in [6, 6.07) is 4.08. The highest BCUT2D eigenvalue weighted by Crippen LogP contribution is 2.49. The van der Waals surface area contributed by atoms with Gasteiger partial charge in [0.1, 0.15) is 12.3 Å². The Bertz CT molecular complexity index is 867. The summed E-state index contributed by atoms with van der Waals surface area (Å²) in [6.45, 7) is 1.49. The molecule has 12 heteroatoms. The maximum absolute atomic E-state index is 12.8. The third kappa shape index (κ3) is 2.82. The molecule has 0 bridgehead atoms. The minimum atomic E-state index is -2.69. The zero-order chi connectivity index (χ0) is 21.8. The first-order valence-electron chi connectivity index (χ1n) is 9.48. The maximum Gasteiger partial charge on any atom is 0.338 e. The van der Waals surface area contributed by atoms with Crippen molar-refractivity contribution >= 4 is 23.5 Å². The van der Waals surface area contributed by atoms with Gasteiger partial charge >= 0.3 is 5.97 Å². The van der Waals surface area contributed by atoms with E-state index in [4.69, 9.17) is 27.8 Å². The van der Waals surface area contributed by atoms with Crippen LogP contribution < -0.4 is 22.1 Å². The van der Waals surface area contributed by atoms with Gasteiger partial charge in [-0.3, -0.25) is 5.32 Å². The Morgan fingerprint density at radius 1 is 1.37 bits per heavy atom. The molecule has 6 atom stereocenters. The summed E-state index contributed by atoms with van der Waals surface area (Å²) < 4.78 is 5.56. The molecule has 1 aromatic carbocycles. The van der Waals surface area contributed by atoms with Crippen LogP contribution in [-0.4, -0.2) is 86.6 Å². The number of aliphatic imine (C=N–C) groups is 1. The predicted molar refractivity (Wildman–Crippen MR) is 107 cm³/mol. The number of hydrogen-bond acceptors (Lipinski definition) is 11. The van der Waals surface area contributed by atoms with Crippen LogP contribution in [-0.2, 0) is 4.74 Å². The lowest BCUT2D eigenvalue weighted by atomic mass is 9.85. The lowest BCUT2D eigenvalue weighted by Gasteiger charge is -2.53. The molecule has 1 aromatic rings. The third-order valence-electron chi connectivity index (χ3n) is 6.04. The molecule has 0 saturated carbocycles. The number of hydrogen-bond donors (Lipinski definition) is 7. The van der Waals surface area contributed by atoms with Crippen LogP contribution in [0.3, 0.4) is 0 Å². The summed E-state index contributed by atoms with van der Waals surface area (Å²) in [7, 11) is 0. The Hall–Kier alpha value is -1.99. The average Bonchev–Trinajstić information content (AvgIpc) is 3.15. The Morgan fingerprint density at radius 2 is 2.03 bits per heavy atom. The molecule has 3 heterocycles. The second kappa shape index (κ2) is 7.31. The molecule has 2 fully saturated rings. The molecule has 0 aromatic heterocycles. The van der Waals surface area contributed by atoms with E-state index in [2.05, 4.69) is 15.6 Å². The summed E-state index contributed by atoms with van der Waals surface area (Å²) in [4.78, 5) is 18.5.